The first-order valence-electron chi connectivity index (χ1n) is 9.90. The summed E-state index contributed by atoms with van der Waals surface area (Å²) in [5.74, 6) is -2.68. The molecule has 0 spiro atoms. The van der Waals surface area contributed by atoms with Crippen LogP contribution in [0.15, 0.2) is 35.9 Å². The molecule has 1 unspecified atom stereocenters. The van der Waals surface area contributed by atoms with Gasteiger partial charge in [-0.05, 0) is 52.0 Å². The van der Waals surface area contributed by atoms with Crippen LogP contribution in [0.25, 0.3) is 6.08 Å². The molecule has 6 heteroatoms. The van der Waals surface area contributed by atoms with Crippen molar-refractivity contribution in [1.29, 1.82) is 0 Å². The van der Waals surface area contributed by atoms with Crippen molar-refractivity contribution in [2.45, 2.75) is 64.1 Å². The highest BCUT2D eigenvalue weighted by Crippen LogP contribution is 2.40. The van der Waals surface area contributed by atoms with Gasteiger partial charge >= 0.3 is 6.09 Å². The molecule has 1 saturated carbocycles. The zero-order valence-electron chi connectivity index (χ0n) is 17.0. The Morgan fingerprint density at radius 2 is 1.96 bits per heavy atom. The highest BCUT2D eigenvalue weighted by molar-refractivity contribution is 5.68. The molecule has 1 amide bonds. The van der Waals surface area contributed by atoms with E-state index in [0.29, 0.717) is 5.92 Å². The van der Waals surface area contributed by atoms with E-state index in [9.17, 15) is 13.6 Å². The summed E-state index contributed by atoms with van der Waals surface area (Å²) in [6, 6.07) is 9.18. The predicted octanol–water partition coefficient (Wildman–Crippen LogP) is 4.71. The van der Waals surface area contributed by atoms with Crippen LogP contribution in [0.2, 0.25) is 0 Å². The Bertz CT molecular complexity index is 728. The second-order valence-electron chi connectivity index (χ2n) is 8.92. The summed E-state index contributed by atoms with van der Waals surface area (Å²) in [6.07, 6.45) is 2.54. The van der Waals surface area contributed by atoms with Gasteiger partial charge in [-0.15, -0.1) is 0 Å². The van der Waals surface area contributed by atoms with Crippen molar-refractivity contribution in [1.82, 2.24) is 10.2 Å². The van der Waals surface area contributed by atoms with Gasteiger partial charge in [0.15, 0.2) is 0 Å². The Morgan fingerprint density at radius 3 is 2.57 bits per heavy atom. The standard InChI is InChI=1S/C22H30F2N2O2/c1-15(12-16-8-6-5-7-9-16)17-13-18(17)25-19-10-11-26(14-22(19,23)24)20(27)28-21(2,3)4/h5-9,12,17-19,25H,10-11,13-14H2,1-4H3/b15-12+/t17-,18+,19?/m0/s1. The van der Waals surface area contributed by atoms with Crippen molar-refractivity contribution in [2.75, 3.05) is 13.1 Å². The van der Waals surface area contributed by atoms with Gasteiger partial charge in [0.1, 0.15) is 5.60 Å². The lowest BCUT2D eigenvalue weighted by Crippen LogP contribution is -2.59. The number of hydrogen-bond donors (Lipinski definition) is 1. The van der Waals surface area contributed by atoms with Gasteiger partial charge in [-0.3, -0.25) is 0 Å². The summed E-state index contributed by atoms with van der Waals surface area (Å²) >= 11 is 0. The molecule has 28 heavy (non-hydrogen) atoms. The quantitative estimate of drug-likeness (QED) is 0.807. The fourth-order valence-electron chi connectivity index (χ4n) is 3.69. The van der Waals surface area contributed by atoms with Gasteiger partial charge in [-0.25, -0.2) is 13.6 Å². The Kier molecular flexibility index (Phi) is 5.80. The van der Waals surface area contributed by atoms with Gasteiger partial charge in [0.25, 0.3) is 5.92 Å². The van der Waals surface area contributed by atoms with E-state index in [1.807, 2.05) is 30.3 Å². The van der Waals surface area contributed by atoms with Crippen molar-refractivity contribution in [3.63, 3.8) is 0 Å². The van der Waals surface area contributed by atoms with Crippen LogP contribution in [0, 0.1) is 5.92 Å². The lowest BCUT2D eigenvalue weighted by Gasteiger charge is -2.39. The lowest BCUT2D eigenvalue weighted by atomic mass is 10.0. The van der Waals surface area contributed by atoms with Gasteiger partial charge in [0.05, 0.1) is 12.6 Å². The number of carbonyl (C=O) groups excluding carboxylic acids is 1. The van der Waals surface area contributed by atoms with Gasteiger partial charge in [-0.2, -0.15) is 0 Å². The number of carbonyl (C=O) groups is 1. The maximum absolute atomic E-state index is 14.6. The fourth-order valence-corrected chi connectivity index (χ4v) is 3.69. The van der Waals surface area contributed by atoms with E-state index in [1.165, 1.54) is 5.57 Å². The molecule has 1 N–H and O–H groups in total. The summed E-state index contributed by atoms with van der Waals surface area (Å²) in [6.45, 7) is 6.93. The van der Waals surface area contributed by atoms with E-state index in [1.54, 1.807) is 20.8 Å². The average molecular weight is 392 g/mol. The molecular formula is C22H30F2N2O2. The maximum Gasteiger partial charge on any atom is 0.410 e. The summed E-state index contributed by atoms with van der Waals surface area (Å²) in [7, 11) is 0. The van der Waals surface area contributed by atoms with E-state index < -0.39 is 30.2 Å². The first kappa shape index (κ1) is 20.8. The Balaban J connectivity index is 1.54. The number of alkyl halides is 2. The second kappa shape index (κ2) is 7.82. The molecule has 2 fully saturated rings. The summed E-state index contributed by atoms with van der Waals surface area (Å²) in [5, 5.41) is 3.14. The van der Waals surface area contributed by atoms with E-state index in [0.717, 1.165) is 16.9 Å². The SMILES string of the molecule is C/C(=C\c1ccccc1)[C@@H]1C[C@H]1NC1CCN(C(=O)OC(C)(C)C)CC1(F)F. The average Bonchev–Trinajstić information content (AvgIpc) is 3.35. The van der Waals surface area contributed by atoms with Crippen molar-refractivity contribution in [3.8, 4) is 0 Å². The molecule has 3 rings (SSSR count). The van der Waals surface area contributed by atoms with Crippen LogP contribution in [0.1, 0.15) is 46.1 Å². The molecule has 1 aromatic carbocycles. The number of rotatable bonds is 4. The van der Waals surface area contributed by atoms with Crippen LogP contribution in [-0.2, 0) is 4.74 Å². The third-order valence-corrected chi connectivity index (χ3v) is 5.24. The van der Waals surface area contributed by atoms with Gasteiger partial charge < -0.3 is 15.0 Å². The second-order valence-corrected chi connectivity index (χ2v) is 8.92. The van der Waals surface area contributed by atoms with Crippen LogP contribution >= 0.6 is 0 Å². The third kappa shape index (κ3) is 5.31. The molecule has 154 valence electrons. The highest BCUT2D eigenvalue weighted by Gasteiger charge is 2.50. The summed E-state index contributed by atoms with van der Waals surface area (Å²) < 4.78 is 34.5. The lowest BCUT2D eigenvalue weighted by molar-refractivity contribution is -0.0919. The van der Waals surface area contributed by atoms with E-state index in [2.05, 4.69) is 18.3 Å². The van der Waals surface area contributed by atoms with Crippen molar-refractivity contribution in [2.24, 2.45) is 5.92 Å². The molecule has 0 bridgehead atoms. The fraction of sp³-hybridized carbons (Fsp3) is 0.591. The topological polar surface area (TPSA) is 41.6 Å². The number of piperidine rings is 1. The molecule has 0 radical (unpaired) electrons. The number of nitrogens with zero attached hydrogens (tertiary/aromatic N) is 1. The monoisotopic (exact) mass is 392 g/mol. The van der Waals surface area contributed by atoms with Crippen LogP contribution < -0.4 is 5.32 Å². The number of halogens is 2. The third-order valence-electron chi connectivity index (χ3n) is 5.24. The van der Waals surface area contributed by atoms with Crippen LogP contribution in [0.5, 0.6) is 0 Å². The van der Waals surface area contributed by atoms with Gasteiger partial charge in [-0.1, -0.05) is 42.0 Å². The zero-order valence-corrected chi connectivity index (χ0v) is 17.0. The zero-order chi connectivity index (χ0) is 20.5. The first-order chi connectivity index (χ1) is 13.0. The number of likely N-dealkylation sites (tertiary alicyclic amines) is 1. The van der Waals surface area contributed by atoms with Crippen molar-refractivity contribution >= 4 is 12.2 Å². The Morgan fingerprint density at radius 1 is 1.29 bits per heavy atom. The van der Waals surface area contributed by atoms with Crippen molar-refractivity contribution < 1.29 is 18.3 Å². The molecule has 3 atom stereocenters. The smallest absolute Gasteiger partial charge is 0.410 e. The highest BCUT2D eigenvalue weighted by atomic mass is 19.3. The minimum Gasteiger partial charge on any atom is -0.444 e. The summed E-state index contributed by atoms with van der Waals surface area (Å²) in [5.41, 5.74) is 1.64. The van der Waals surface area contributed by atoms with E-state index in [4.69, 9.17) is 4.74 Å². The minimum absolute atomic E-state index is 0.0731. The molecular weight excluding hydrogens is 362 g/mol. The number of amides is 1. The number of nitrogens with one attached hydrogen (secondary N) is 1. The van der Waals surface area contributed by atoms with Crippen LogP contribution in [0.3, 0.4) is 0 Å². The molecule has 4 nitrogen and oxygen atoms in total. The minimum atomic E-state index is -2.97. The van der Waals surface area contributed by atoms with Crippen molar-refractivity contribution in [3.05, 3.63) is 41.5 Å². The Hall–Kier alpha value is -1.95. The van der Waals surface area contributed by atoms with Gasteiger partial charge in [0.2, 0.25) is 0 Å². The van der Waals surface area contributed by atoms with Gasteiger partial charge in [0, 0.05) is 12.6 Å². The molecule has 1 aliphatic carbocycles. The molecule has 1 aromatic rings. The molecule has 1 saturated heterocycles. The van der Waals surface area contributed by atoms with E-state index in [-0.39, 0.29) is 19.0 Å². The maximum atomic E-state index is 14.6. The Labute approximate surface area is 165 Å². The molecule has 2 aliphatic rings. The molecule has 0 aromatic heterocycles. The van der Waals surface area contributed by atoms with E-state index >= 15 is 0 Å². The predicted molar refractivity (Wildman–Crippen MR) is 106 cm³/mol. The normalized spacial score (nSPS) is 27.4. The largest absolute Gasteiger partial charge is 0.444 e. The first-order valence-corrected chi connectivity index (χ1v) is 9.90. The molecule has 1 aliphatic heterocycles. The number of ether oxygens (including phenoxy) is 1. The molecule has 1 heterocycles. The number of benzene rings is 1. The number of hydrogen-bond acceptors (Lipinski definition) is 3. The van der Waals surface area contributed by atoms with Crippen LogP contribution in [0.4, 0.5) is 13.6 Å². The summed E-state index contributed by atoms with van der Waals surface area (Å²) in [4.78, 5) is 13.2. The van der Waals surface area contributed by atoms with Crippen LogP contribution in [-0.4, -0.2) is 47.7 Å².